The summed E-state index contributed by atoms with van der Waals surface area (Å²) >= 11 is 0. The average Bonchev–Trinajstić information content (AvgIpc) is 2.98. The highest BCUT2D eigenvalue weighted by Gasteiger charge is 2.33. The van der Waals surface area contributed by atoms with Crippen LogP contribution in [0.4, 0.5) is 5.69 Å². The van der Waals surface area contributed by atoms with Gasteiger partial charge >= 0.3 is 0 Å². The molecule has 3 rings (SSSR count). The van der Waals surface area contributed by atoms with Crippen molar-refractivity contribution in [3.05, 3.63) is 18.2 Å². The lowest BCUT2D eigenvalue weighted by molar-refractivity contribution is 0.107. The zero-order chi connectivity index (χ0) is 18.2. The Bertz CT molecular complexity index is 612. The molecular weight excluding hydrogens is 330 g/mol. The van der Waals surface area contributed by atoms with Crippen LogP contribution in [0.1, 0.15) is 45.4 Å². The van der Waals surface area contributed by atoms with Gasteiger partial charge in [-0.15, -0.1) is 0 Å². The molecule has 1 aromatic carbocycles. The number of nitrogens with two attached hydrogens (primary N) is 1. The van der Waals surface area contributed by atoms with Crippen molar-refractivity contribution < 1.29 is 14.2 Å². The molecule has 0 spiro atoms. The molecule has 0 aromatic heterocycles. The van der Waals surface area contributed by atoms with Crippen LogP contribution >= 0.6 is 0 Å². The smallest absolute Gasteiger partial charge is 0.193 e. The Balaban J connectivity index is 1.59. The summed E-state index contributed by atoms with van der Waals surface area (Å²) in [6, 6.07) is 5.77. The second-order valence-corrected chi connectivity index (χ2v) is 7.19. The van der Waals surface area contributed by atoms with Gasteiger partial charge in [0.25, 0.3) is 0 Å². The summed E-state index contributed by atoms with van der Waals surface area (Å²) < 4.78 is 16.9. The molecule has 0 atom stereocenters. The zero-order valence-corrected chi connectivity index (χ0v) is 15.8. The van der Waals surface area contributed by atoms with Crippen LogP contribution in [0, 0.1) is 5.41 Å². The molecular formula is C20H31N3O3. The lowest BCUT2D eigenvalue weighted by Gasteiger charge is -2.27. The van der Waals surface area contributed by atoms with E-state index in [2.05, 4.69) is 10.3 Å². The highest BCUT2D eigenvalue weighted by atomic mass is 16.5. The quantitative estimate of drug-likeness (QED) is 0.441. The molecule has 0 bridgehead atoms. The first-order valence-corrected chi connectivity index (χ1v) is 9.75. The van der Waals surface area contributed by atoms with E-state index in [0.29, 0.717) is 19.2 Å². The number of hydrogen-bond donors (Lipinski definition) is 2. The van der Waals surface area contributed by atoms with Gasteiger partial charge in [0.05, 0.1) is 13.2 Å². The highest BCUT2D eigenvalue weighted by molar-refractivity contribution is 5.92. The number of nitrogens with one attached hydrogen (secondary N) is 1. The Kier molecular flexibility index (Phi) is 6.61. The number of ether oxygens (including phenoxy) is 3. The summed E-state index contributed by atoms with van der Waals surface area (Å²) in [5, 5.41) is 3.18. The average molecular weight is 361 g/mol. The number of rotatable bonds is 7. The number of nitrogens with zero attached hydrogens (tertiary/aromatic N) is 1. The number of benzene rings is 1. The summed E-state index contributed by atoms with van der Waals surface area (Å²) in [6.45, 7) is 5.73. The van der Waals surface area contributed by atoms with Crippen molar-refractivity contribution >= 4 is 11.6 Å². The van der Waals surface area contributed by atoms with Gasteiger partial charge in [0.2, 0.25) is 0 Å². The van der Waals surface area contributed by atoms with Gasteiger partial charge in [0.15, 0.2) is 17.5 Å². The monoisotopic (exact) mass is 361 g/mol. The zero-order valence-electron chi connectivity index (χ0n) is 15.8. The van der Waals surface area contributed by atoms with E-state index in [0.717, 1.165) is 49.8 Å². The molecule has 3 N–H and O–H groups in total. The minimum absolute atomic E-state index is 0.242. The summed E-state index contributed by atoms with van der Waals surface area (Å²) in [5.41, 5.74) is 7.25. The Morgan fingerprint density at radius 3 is 2.73 bits per heavy atom. The van der Waals surface area contributed by atoms with E-state index in [9.17, 15) is 0 Å². The Morgan fingerprint density at radius 1 is 1.19 bits per heavy atom. The van der Waals surface area contributed by atoms with Crippen LogP contribution < -0.4 is 20.5 Å². The molecule has 2 aliphatic rings. The first-order valence-electron chi connectivity index (χ1n) is 9.75. The fourth-order valence-corrected chi connectivity index (χ4v) is 3.73. The molecule has 1 aliphatic heterocycles. The molecule has 1 aliphatic carbocycles. The van der Waals surface area contributed by atoms with E-state index in [4.69, 9.17) is 19.9 Å². The van der Waals surface area contributed by atoms with E-state index in [1.54, 1.807) is 0 Å². The second kappa shape index (κ2) is 9.12. The van der Waals surface area contributed by atoms with Crippen molar-refractivity contribution in [2.24, 2.45) is 16.1 Å². The van der Waals surface area contributed by atoms with Crippen LogP contribution in [0.15, 0.2) is 23.2 Å². The van der Waals surface area contributed by atoms with Crippen LogP contribution in [0.5, 0.6) is 11.5 Å². The Hall–Kier alpha value is -1.95. The Labute approximate surface area is 156 Å². The van der Waals surface area contributed by atoms with Crippen molar-refractivity contribution in [1.29, 1.82) is 0 Å². The lowest BCUT2D eigenvalue weighted by atomic mass is 9.83. The van der Waals surface area contributed by atoms with Gasteiger partial charge in [0.1, 0.15) is 0 Å². The molecule has 1 fully saturated rings. The summed E-state index contributed by atoms with van der Waals surface area (Å²) in [6.07, 6.45) is 6.92. The number of aliphatic imine (C=N–C) groups is 1. The molecule has 1 saturated carbocycles. The topological polar surface area (TPSA) is 78.1 Å². The summed E-state index contributed by atoms with van der Waals surface area (Å²) in [4.78, 5) is 4.64. The molecule has 0 saturated heterocycles. The predicted octanol–water partition coefficient (Wildman–Crippen LogP) is 3.56. The number of fused-ring (bicyclic) bond motifs is 1. The standard InChI is InChI=1S/C20H31N3O3/c1-2-24-13-10-20(8-3-4-9-20)15-22-19(21)23-16-6-7-17-18(14-16)26-12-5-11-25-17/h6-7,14H,2-5,8-13,15H2,1H3,(H3,21,22,23). The van der Waals surface area contributed by atoms with Gasteiger partial charge < -0.3 is 25.3 Å². The normalized spacial score (nSPS) is 19.2. The van der Waals surface area contributed by atoms with Crippen molar-refractivity contribution in [3.8, 4) is 11.5 Å². The first-order chi connectivity index (χ1) is 12.7. The van der Waals surface area contributed by atoms with Crippen molar-refractivity contribution in [2.75, 3.05) is 38.3 Å². The Morgan fingerprint density at radius 2 is 1.96 bits per heavy atom. The van der Waals surface area contributed by atoms with E-state index >= 15 is 0 Å². The maximum atomic E-state index is 6.14. The van der Waals surface area contributed by atoms with Gasteiger partial charge in [-0.1, -0.05) is 12.8 Å². The summed E-state index contributed by atoms with van der Waals surface area (Å²) in [5.74, 6) is 1.98. The third-order valence-corrected chi connectivity index (χ3v) is 5.25. The van der Waals surface area contributed by atoms with Crippen LogP contribution in [0.2, 0.25) is 0 Å². The predicted molar refractivity (Wildman–Crippen MR) is 104 cm³/mol. The summed E-state index contributed by atoms with van der Waals surface area (Å²) in [7, 11) is 0. The molecule has 1 aromatic rings. The van der Waals surface area contributed by atoms with Gasteiger partial charge in [-0.2, -0.15) is 0 Å². The molecule has 6 heteroatoms. The first kappa shape index (κ1) is 18.8. The third-order valence-electron chi connectivity index (χ3n) is 5.25. The van der Waals surface area contributed by atoms with Crippen molar-refractivity contribution in [2.45, 2.75) is 45.4 Å². The number of anilines is 1. The molecule has 0 amide bonds. The van der Waals surface area contributed by atoms with Gasteiger partial charge in [-0.3, -0.25) is 4.99 Å². The second-order valence-electron chi connectivity index (χ2n) is 7.19. The fourth-order valence-electron chi connectivity index (χ4n) is 3.73. The highest BCUT2D eigenvalue weighted by Crippen LogP contribution is 2.41. The number of hydrogen-bond acceptors (Lipinski definition) is 4. The van der Waals surface area contributed by atoms with E-state index in [-0.39, 0.29) is 5.41 Å². The molecule has 1 heterocycles. The van der Waals surface area contributed by atoms with Crippen LogP contribution in [0.3, 0.4) is 0 Å². The molecule has 0 unspecified atom stereocenters. The van der Waals surface area contributed by atoms with E-state index < -0.39 is 0 Å². The number of guanidine groups is 1. The largest absolute Gasteiger partial charge is 0.490 e. The molecule has 144 valence electrons. The van der Waals surface area contributed by atoms with E-state index in [1.165, 1.54) is 25.7 Å². The lowest BCUT2D eigenvalue weighted by Crippen LogP contribution is -2.28. The van der Waals surface area contributed by atoms with Crippen LogP contribution in [-0.2, 0) is 4.74 Å². The molecule has 0 radical (unpaired) electrons. The van der Waals surface area contributed by atoms with Gasteiger partial charge in [-0.25, -0.2) is 0 Å². The maximum Gasteiger partial charge on any atom is 0.193 e. The minimum atomic E-state index is 0.242. The SMILES string of the molecule is CCOCCC1(CN=C(N)Nc2ccc3c(c2)OCCCO3)CCCC1. The van der Waals surface area contributed by atoms with E-state index in [1.807, 2.05) is 25.1 Å². The van der Waals surface area contributed by atoms with Crippen molar-refractivity contribution in [1.82, 2.24) is 0 Å². The van der Waals surface area contributed by atoms with Gasteiger partial charge in [0, 0.05) is 37.9 Å². The van der Waals surface area contributed by atoms with Crippen molar-refractivity contribution in [3.63, 3.8) is 0 Å². The molecule has 26 heavy (non-hydrogen) atoms. The van der Waals surface area contributed by atoms with Crippen LogP contribution in [-0.4, -0.2) is 38.9 Å². The molecule has 6 nitrogen and oxygen atoms in total. The fraction of sp³-hybridized carbons (Fsp3) is 0.650. The third kappa shape index (κ3) is 5.04. The van der Waals surface area contributed by atoms with Crippen LogP contribution in [0.25, 0.3) is 0 Å². The minimum Gasteiger partial charge on any atom is -0.490 e. The van der Waals surface area contributed by atoms with Gasteiger partial charge in [-0.05, 0) is 43.7 Å². The maximum absolute atomic E-state index is 6.14.